The van der Waals surface area contributed by atoms with Gasteiger partial charge in [0.05, 0.1) is 21.3 Å². The van der Waals surface area contributed by atoms with Gasteiger partial charge in [-0.15, -0.1) is 11.3 Å². The van der Waals surface area contributed by atoms with Crippen molar-refractivity contribution in [3.63, 3.8) is 0 Å². The summed E-state index contributed by atoms with van der Waals surface area (Å²) in [6.07, 6.45) is 0. The zero-order valence-corrected chi connectivity index (χ0v) is 11.2. The highest BCUT2D eigenvalue weighted by atomic mass is 35.5. The molecule has 1 aromatic heterocycles. The van der Waals surface area contributed by atoms with Crippen LogP contribution in [-0.4, -0.2) is 5.91 Å². The highest BCUT2D eigenvalue weighted by Gasteiger charge is 2.15. The first-order valence-electron chi connectivity index (χ1n) is 4.78. The monoisotopic (exact) mass is 304 g/mol. The van der Waals surface area contributed by atoms with Gasteiger partial charge in [0.2, 0.25) is 0 Å². The van der Waals surface area contributed by atoms with Crippen LogP contribution in [0.1, 0.15) is 10.4 Å². The summed E-state index contributed by atoms with van der Waals surface area (Å²) in [5, 5.41) is 2.54. The van der Waals surface area contributed by atoms with Crippen molar-refractivity contribution in [1.82, 2.24) is 0 Å². The van der Waals surface area contributed by atoms with Crippen LogP contribution in [0.4, 0.5) is 15.8 Å². The molecule has 0 fully saturated rings. The molecule has 7 heteroatoms. The molecule has 1 heterocycles. The second-order valence-electron chi connectivity index (χ2n) is 3.42. The third-order valence-corrected chi connectivity index (χ3v) is 3.65. The molecule has 0 aliphatic carbocycles. The fourth-order valence-electron chi connectivity index (χ4n) is 1.33. The average Bonchev–Trinajstić information content (AvgIpc) is 2.62. The number of benzene rings is 1. The number of nitrogens with one attached hydrogen (secondary N) is 1. The van der Waals surface area contributed by atoms with E-state index in [1.807, 2.05) is 0 Å². The van der Waals surface area contributed by atoms with E-state index in [1.54, 1.807) is 0 Å². The predicted octanol–water partition coefficient (Wildman–Crippen LogP) is 4.03. The molecule has 2 aromatic rings. The Kier molecular flexibility index (Phi) is 3.75. The molecule has 0 aliphatic rings. The van der Waals surface area contributed by atoms with E-state index in [0.29, 0.717) is 10.0 Å². The van der Waals surface area contributed by atoms with Crippen LogP contribution in [0.3, 0.4) is 0 Å². The number of amides is 1. The molecular formula is C11H7Cl2FN2OS. The van der Waals surface area contributed by atoms with Crippen LogP contribution >= 0.6 is 34.5 Å². The van der Waals surface area contributed by atoms with Crippen molar-refractivity contribution >= 4 is 51.8 Å². The molecule has 0 bridgehead atoms. The summed E-state index contributed by atoms with van der Waals surface area (Å²) < 4.78 is 13.5. The first kappa shape index (κ1) is 13.1. The minimum absolute atomic E-state index is 0.140. The number of hydrogen-bond acceptors (Lipinski definition) is 3. The fourth-order valence-corrected chi connectivity index (χ4v) is 2.79. The SMILES string of the molecule is Nc1cc(F)ccc1NC(=O)c1cc(Cl)sc1Cl. The summed E-state index contributed by atoms with van der Waals surface area (Å²) >= 11 is 12.7. The third kappa shape index (κ3) is 2.75. The van der Waals surface area contributed by atoms with Crippen molar-refractivity contribution in [3.8, 4) is 0 Å². The maximum atomic E-state index is 12.8. The molecule has 0 unspecified atom stereocenters. The van der Waals surface area contributed by atoms with E-state index in [-0.39, 0.29) is 15.6 Å². The number of nitrogens with two attached hydrogens (primary N) is 1. The summed E-state index contributed by atoms with van der Waals surface area (Å²) in [6.45, 7) is 0. The number of anilines is 2. The van der Waals surface area contributed by atoms with E-state index >= 15 is 0 Å². The highest BCUT2D eigenvalue weighted by Crippen LogP contribution is 2.32. The molecule has 3 nitrogen and oxygen atoms in total. The Morgan fingerprint density at radius 1 is 1.33 bits per heavy atom. The molecule has 1 amide bonds. The van der Waals surface area contributed by atoms with E-state index in [2.05, 4.69) is 5.32 Å². The Labute approximate surface area is 116 Å². The standard InChI is InChI=1S/C11H7Cl2FN2OS/c12-9-4-6(10(13)18-9)11(17)16-8-2-1-5(14)3-7(8)15/h1-4H,15H2,(H,16,17). The zero-order chi connectivity index (χ0) is 13.3. The van der Waals surface area contributed by atoms with Crippen molar-refractivity contribution in [1.29, 1.82) is 0 Å². The summed E-state index contributed by atoms with van der Waals surface area (Å²) in [4.78, 5) is 11.9. The minimum atomic E-state index is -0.470. The highest BCUT2D eigenvalue weighted by molar-refractivity contribution is 7.20. The Morgan fingerprint density at radius 2 is 2.06 bits per heavy atom. The second kappa shape index (κ2) is 5.14. The molecule has 0 atom stereocenters. The molecule has 1 aromatic carbocycles. The maximum absolute atomic E-state index is 12.8. The molecule has 3 N–H and O–H groups in total. The van der Waals surface area contributed by atoms with Crippen molar-refractivity contribution in [2.75, 3.05) is 11.1 Å². The van der Waals surface area contributed by atoms with Gasteiger partial charge in [-0.25, -0.2) is 4.39 Å². The number of carbonyl (C=O) groups is 1. The van der Waals surface area contributed by atoms with Gasteiger partial charge in [-0.1, -0.05) is 23.2 Å². The van der Waals surface area contributed by atoms with E-state index in [4.69, 9.17) is 28.9 Å². The van der Waals surface area contributed by atoms with Gasteiger partial charge in [0.1, 0.15) is 10.2 Å². The molecule has 0 spiro atoms. The third-order valence-electron chi connectivity index (χ3n) is 2.16. The lowest BCUT2D eigenvalue weighted by molar-refractivity contribution is 0.102. The lowest BCUT2D eigenvalue weighted by Crippen LogP contribution is -2.12. The largest absolute Gasteiger partial charge is 0.397 e. The van der Waals surface area contributed by atoms with Crippen molar-refractivity contribution in [2.45, 2.75) is 0 Å². The van der Waals surface area contributed by atoms with Gasteiger partial charge in [0.25, 0.3) is 5.91 Å². The summed E-state index contributed by atoms with van der Waals surface area (Å²) in [5.41, 5.74) is 6.30. The van der Waals surface area contributed by atoms with Crippen LogP contribution in [0.5, 0.6) is 0 Å². The van der Waals surface area contributed by atoms with Crippen LogP contribution in [0.25, 0.3) is 0 Å². The first-order valence-corrected chi connectivity index (χ1v) is 6.36. The van der Waals surface area contributed by atoms with Gasteiger partial charge in [0.15, 0.2) is 0 Å². The Morgan fingerprint density at radius 3 is 2.61 bits per heavy atom. The van der Waals surface area contributed by atoms with E-state index in [1.165, 1.54) is 18.2 Å². The molecule has 94 valence electrons. The number of thiophene rings is 1. The zero-order valence-electron chi connectivity index (χ0n) is 8.84. The van der Waals surface area contributed by atoms with Gasteiger partial charge in [0, 0.05) is 0 Å². The predicted molar refractivity (Wildman–Crippen MR) is 73.1 cm³/mol. The van der Waals surface area contributed by atoms with Crippen LogP contribution in [0.2, 0.25) is 8.67 Å². The summed E-state index contributed by atoms with van der Waals surface area (Å²) in [7, 11) is 0. The van der Waals surface area contributed by atoms with E-state index in [0.717, 1.165) is 17.4 Å². The smallest absolute Gasteiger partial charge is 0.258 e. The Hall–Kier alpha value is -1.30. The Balaban J connectivity index is 2.24. The van der Waals surface area contributed by atoms with Crippen molar-refractivity contribution in [3.05, 3.63) is 44.3 Å². The first-order chi connectivity index (χ1) is 8.47. The number of carbonyl (C=O) groups excluding carboxylic acids is 1. The summed E-state index contributed by atoms with van der Waals surface area (Å²) in [5.74, 6) is -0.913. The maximum Gasteiger partial charge on any atom is 0.258 e. The van der Waals surface area contributed by atoms with Gasteiger partial charge in [-0.3, -0.25) is 4.79 Å². The number of hydrogen-bond donors (Lipinski definition) is 2. The molecular weight excluding hydrogens is 298 g/mol. The summed E-state index contributed by atoms with van der Waals surface area (Å²) in [6, 6.07) is 5.17. The normalized spacial score (nSPS) is 10.4. The van der Waals surface area contributed by atoms with E-state index in [9.17, 15) is 9.18 Å². The van der Waals surface area contributed by atoms with Crippen molar-refractivity contribution in [2.24, 2.45) is 0 Å². The van der Waals surface area contributed by atoms with Crippen LogP contribution < -0.4 is 11.1 Å². The van der Waals surface area contributed by atoms with Crippen molar-refractivity contribution < 1.29 is 9.18 Å². The van der Waals surface area contributed by atoms with Crippen LogP contribution in [0.15, 0.2) is 24.3 Å². The van der Waals surface area contributed by atoms with Gasteiger partial charge >= 0.3 is 0 Å². The molecule has 2 rings (SSSR count). The molecule has 18 heavy (non-hydrogen) atoms. The lowest BCUT2D eigenvalue weighted by Gasteiger charge is -2.07. The topological polar surface area (TPSA) is 55.1 Å². The minimum Gasteiger partial charge on any atom is -0.397 e. The second-order valence-corrected chi connectivity index (χ2v) is 5.71. The molecule has 0 radical (unpaired) electrons. The van der Waals surface area contributed by atoms with E-state index < -0.39 is 11.7 Å². The van der Waals surface area contributed by atoms with Gasteiger partial charge in [-0.05, 0) is 24.3 Å². The van der Waals surface area contributed by atoms with Crippen LogP contribution in [-0.2, 0) is 0 Å². The number of halogens is 3. The quantitative estimate of drug-likeness (QED) is 0.823. The Bertz CT molecular complexity index is 615. The average molecular weight is 305 g/mol. The number of rotatable bonds is 2. The number of nitrogen functional groups attached to an aromatic ring is 1. The van der Waals surface area contributed by atoms with Crippen LogP contribution in [0, 0.1) is 5.82 Å². The molecule has 0 aliphatic heterocycles. The van der Waals surface area contributed by atoms with Gasteiger partial charge in [-0.2, -0.15) is 0 Å². The fraction of sp³-hybridized carbons (Fsp3) is 0. The molecule has 0 saturated heterocycles. The lowest BCUT2D eigenvalue weighted by atomic mass is 10.2. The molecule has 0 saturated carbocycles. The van der Waals surface area contributed by atoms with Gasteiger partial charge < -0.3 is 11.1 Å².